The van der Waals surface area contributed by atoms with Gasteiger partial charge in [0.2, 0.25) is 17.6 Å². The van der Waals surface area contributed by atoms with Crippen LogP contribution in [-0.4, -0.2) is 75.1 Å². The van der Waals surface area contributed by atoms with Crippen LogP contribution < -0.4 is 0 Å². The molecule has 1 aromatic carbocycles. The van der Waals surface area contributed by atoms with Gasteiger partial charge in [0.1, 0.15) is 0 Å². The lowest BCUT2D eigenvalue weighted by molar-refractivity contribution is -0.141. The SMILES string of the molecule is CC(C(=O)N(C(C)C)C(C)C)N1CCN(C(C)c2nc(-c3cccc(C(F)(F)F)c3)no2)CC1. The molecule has 3 rings (SSSR count). The zero-order valence-corrected chi connectivity index (χ0v) is 20.6. The molecule has 1 aliphatic rings. The summed E-state index contributed by atoms with van der Waals surface area (Å²) in [6.07, 6.45) is -4.44. The van der Waals surface area contributed by atoms with E-state index in [0.29, 0.717) is 19.0 Å². The molecule has 1 saturated heterocycles. The number of nitrogens with zero attached hydrogens (tertiary/aromatic N) is 5. The summed E-state index contributed by atoms with van der Waals surface area (Å²) in [5.74, 6) is 0.623. The van der Waals surface area contributed by atoms with Gasteiger partial charge in [0.15, 0.2) is 0 Å². The van der Waals surface area contributed by atoms with Crippen LogP contribution in [0.15, 0.2) is 28.8 Å². The van der Waals surface area contributed by atoms with Crippen molar-refractivity contribution in [1.82, 2.24) is 24.8 Å². The maximum Gasteiger partial charge on any atom is 0.416 e. The Morgan fingerprint density at radius 2 is 1.59 bits per heavy atom. The number of rotatable bonds is 7. The molecule has 188 valence electrons. The maximum absolute atomic E-state index is 13.1. The standard InChI is InChI=1S/C24H34F3N5O2/c1-15(2)32(16(3)4)23(33)18(6)31-12-10-30(11-13-31)17(5)22-28-21(29-34-22)19-8-7-9-20(14-19)24(25,26)27/h7-9,14-18H,10-13H2,1-6H3. The number of hydrogen-bond donors (Lipinski definition) is 0. The van der Waals surface area contributed by atoms with E-state index in [4.69, 9.17) is 4.52 Å². The van der Waals surface area contributed by atoms with Crippen molar-refractivity contribution in [1.29, 1.82) is 0 Å². The predicted molar refractivity (Wildman–Crippen MR) is 123 cm³/mol. The number of aromatic nitrogens is 2. The number of piperazine rings is 1. The first-order valence-electron chi connectivity index (χ1n) is 11.7. The van der Waals surface area contributed by atoms with Crippen molar-refractivity contribution in [2.24, 2.45) is 0 Å². The number of carbonyl (C=O) groups excluding carboxylic acids is 1. The Bertz CT molecular complexity index is 960. The van der Waals surface area contributed by atoms with Gasteiger partial charge in [-0.3, -0.25) is 14.6 Å². The molecule has 0 aliphatic carbocycles. The highest BCUT2D eigenvalue weighted by molar-refractivity contribution is 5.82. The summed E-state index contributed by atoms with van der Waals surface area (Å²) < 4.78 is 44.5. The van der Waals surface area contributed by atoms with Crippen molar-refractivity contribution in [2.45, 2.75) is 71.9 Å². The molecule has 1 aromatic heterocycles. The highest BCUT2D eigenvalue weighted by atomic mass is 19.4. The molecular weight excluding hydrogens is 447 g/mol. The highest BCUT2D eigenvalue weighted by Gasteiger charge is 2.34. The fourth-order valence-corrected chi connectivity index (χ4v) is 4.50. The van der Waals surface area contributed by atoms with E-state index in [1.165, 1.54) is 12.1 Å². The molecule has 2 unspecified atom stereocenters. The quantitative estimate of drug-likeness (QED) is 0.582. The van der Waals surface area contributed by atoms with Gasteiger partial charge in [-0.25, -0.2) is 0 Å². The number of benzene rings is 1. The van der Waals surface area contributed by atoms with Crippen molar-refractivity contribution in [3.63, 3.8) is 0 Å². The second-order valence-electron chi connectivity index (χ2n) is 9.39. The molecule has 10 heteroatoms. The Balaban J connectivity index is 1.63. The van der Waals surface area contributed by atoms with E-state index in [1.807, 2.05) is 46.4 Å². The van der Waals surface area contributed by atoms with E-state index in [-0.39, 0.29) is 41.5 Å². The fraction of sp³-hybridized carbons (Fsp3) is 0.625. The molecule has 7 nitrogen and oxygen atoms in total. The average molecular weight is 482 g/mol. The van der Waals surface area contributed by atoms with E-state index in [9.17, 15) is 18.0 Å². The molecule has 2 atom stereocenters. The molecule has 0 spiro atoms. The summed E-state index contributed by atoms with van der Waals surface area (Å²) >= 11 is 0. The smallest absolute Gasteiger partial charge is 0.337 e. The molecule has 34 heavy (non-hydrogen) atoms. The Kier molecular flexibility index (Phi) is 8.02. The predicted octanol–water partition coefficient (Wildman–Crippen LogP) is 4.47. The van der Waals surface area contributed by atoms with Gasteiger partial charge in [-0.05, 0) is 53.7 Å². The fourth-order valence-electron chi connectivity index (χ4n) is 4.50. The van der Waals surface area contributed by atoms with Gasteiger partial charge in [0, 0.05) is 43.8 Å². The summed E-state index contributed by atoms with van der Waals surface area (Å²) in [7, 11) is 0. The molecule has 1 amide bonds. The second-order valence-corrected chi connectivity index (χ2v) is 9.39. The number of halogens is 3. The van der Waals surface area contributed by atoms with Crippen LogP contribution >= 0.6 is 0 Å². The Morgan fingerprint density at radius 3 is 2.15 bits per heavy atom. The van der Waals surface area contributed by atoms with Crippen molar-refractivity contribution in [3.8, 4) is 11.4 Å². The molecule has 0 N–H and O–H groups in total. The van der Waals surface area contributed by atoms with E-state index >= 15 is 0 Å². The summed E-state index contributed by atoms with van der Waals surface area (Å²) in [6.45, 7) is 14.9. The third kappa shape index (κ3) is 5.78. The number of alkyl halides is 3. The van der Waals surface area contributed by atoms with Crippen molar-refractivity contribution in [2.75, 3.05) is 26.2 Å². The first kappa shape index (κ1) is 26.2. The first-order chi connectivity index (χ1) is 15.9. The van der Waals surface area contributed by atoms with Crippen LogP contribution in [0.5, 0.6) is 0 Å². The minimum absolute atomic E-state index is 0.133. The first-order valence-corrected chi connectivity index (χ1v) is 11.7. The molecule has 0 radical (unpaired) electrons. The third-order valence-electron chi connectivity index (χ3n) is 6.42. The third-order valence-corrected chi connectivity index (χ3v) is 6.42. The topological polar surface area (TPSA) is 65.7 Å². The minimum atomic E-state index is -4.44. The lowest BCUT2D eigenvalue weighted by Gasteiger charge is -2.41. The molecule has 1 aliphatic heterocycles. The summed E-state index contributed by atoms with van der Waals surface area (Å²) in [4.78, 5) is 23.7. The van der Waals surface area contributed by atoms with E-state index in [2.05, 4.69) is 19.9 Å². The lowest BCUT2D eigenvalue weighted by atomic mass is 10.1. The van der Waals surface area contributed by atoms with Crippen LogP contribution in [0.4, 0.5) is 13.2 Å². The molecule has 2 heterocycles. The zero-order chi connectivity index (χ0) is 25.2. The second kappa shape index (κ2) is 10.4. The van der Waals surface area contributed by atoms with Crippen LogP contribution in [0, 0.1) is 0 Å². The van der Waals surface area contributed by atoms with Crippen molar-refractivity contribution in [3.05, 3.63) is 35.7 Å². The molecule has 0 bridgehead atoms. The van der Waals surface area contributed by atoms with Crippen LogP contribution in [0.3, 0.4) is 0 Å². The van der Waals surface area contributed by atoms with Crippen LogP contribution in [-0.2, 0) is 11.0 Å². The monoisotopic (exact) mass is 481 g/mol. The Labute approximate surface area is 198 Å². The molecule has 1 fully saturated rings. The van der Waals surface area contributed by atoms with Gasteiger partial charge < -0.3 is 9.42 Å². The van der Waals surface area contributed by atoms with E-state index in [0.717, 1.165) is 25.2 Å². The molecular formula is C24H34F3N5O2. The average Bonchev–Trinajstić information content (AvgIpc) is 3.27. The van der Waals surface area contributed by atoms with Crippen LogP contribution in [0.25, 0.3) is 11.4 Å². The number of hydrogen-bond acceptors (Lipinski definition) is 6. The Morgan fingerprint density at radius 1 is 1.00 bits per heavy atom. The van der Waals surface area contributed by atoms with Crippen molar-refractivity contribution < 1.29 is 22.5 Å². The van der Waals surface area contributed by atoms with E-state index in [1.54, 1.807) is 0 Å². The number of carbonyl (C=O) groups is 1. The summed E-state index contributed by atoms with van der Waals surface area (Å²) in [6, 6.07) is 4.77. The lowest BCUT2D eigenvalue weighted by Crippen LogP contribution is -2.56. The van der Waals surface area contributed by atoms with E-state index < -0.39 is 11.7 Å². The summed E-state index contributed by atoms with van der Waals surface area (Å²) in [5.41, 5.74) is -0.494. The summed E-state index contributed by atoms with van der Waals surface area (Å²) in [5, 5.41) is 3.90. The zero-order valence-electron chi connectivity index (χ0n) is 20.6. The number of amides is 1. The van der Waals surface area contributed by atoms with Crippen LogP contribution in [0.2, 0.25) is 0 Å². The van der Waals surface area contributed by atoms with Gasteiger partial charge in [-0.2, -0.15) is 18.2 Å². The highest BCUT2D eigenvalue weighted by Crippen LogP contribution is 2.32. The van der Waals surface area contributed by atoms with Crippen molar-refractivity contribution >= 4 is 5.91 Å². The van der Waals surface area contributed by atoms with Gasteiger partial charge in [0.25, 0.3) is 0 Å². The molecule has 2 aromatic rings. The van der Waals surface area contributed by atoms with Gasteiger partial charge >= 0.3 is 6.18 Å². The minimum Gasteiger partial charge on any atom is -0.337 e. The van der Waals surface area contributed by atoms with Gasteiger partial charge in [0.05, 0.1) is 17.6 Å². The largest absolute Gasteiger partial charge is 0.416 e. The molecule has 0 saturated carbocycles. The van der Waals surface area contributed by atoms with Gasteiger partial charge in [-0.15, -0.1) is 0 Å². The normalized spacial score (nSPS) is 17.9. The van der Waals surface area contributed by atoms with Crippen LogP contribution in [0.1, 0.15) is 59.0 Å². The maximum atomic E-state index is 13.1. The van der Waals surface area contributed by atoms with Gasteiger partial charge in [-0.1, -0.05) is 17.3 Å². The Hall–Kier alpha value is -2.46.